The molecule has 1 N–H and O–H groups in total. The summed E-state index contributed by atoms with van der Waals surface area (Å²) in [5.74, 6) is -0.357. The Kier molecular flexibility index (Phi) is 3.79. The average molecular weight is 244 g/mol. The van der Waals surface area contributed by atoms with Gasteiger partial charge in [-0.15, -0.1) is 0 Å². The van der Waals surface area contributed by atoms with Crippen molar-refractivity contribution in [1.29, 1.82) is 0 Å². The quantitative estimate of drug-likeness (QED) is 0.878. The van der Waals surface area contributed by atoms with Crippen molar-refractivity contribution in [3.63, 3.8) is 0 Å². The van der Waals surface area contributed by atoms with Crippen molar-refractivity contribution < 1.29 is 9.13 Å². The first-order chi connectivity index (χ1) is 7.69. The van der Waals surface area contributed by atoms with Crippen molar-refractivity contribution in [3.05, 3.63) is 34.6 Å². The summed E-state index contributed by atoms with van der Waals surface area (Å²) in [5, 5.41) is 3.53. The van der Waals surface area contributed by atoms with Crippen LogP contribution >= 0.6 is 11.6 Å². The van der Waals surface area contributed by atoms with Gasteiger partial charge >= 0.3 is 0 Å². The normalized spacial score (nSPS) is 24.2. The lowest BCUT2D eigenvalue weighted by atomic mass is 9.89. The molecule has 1 aliphatic rings. The monoisotopic (exact) mass is 243 g/mol. The summed E-state index contributed by atoms with van der Waals surface area (Å²) in [4.78, 5) is 0. The zero-order valence-electron chi connectivity index (χ0n) is 9.17. The van der Waals surface area contributed by atoms with Gasteiger partial charge in [0.15, 0.2) is 0 Å². The SMILES string of the molecule is COC1CC(NCc2ccc(Cl)c(F)c2)C1. The number of methoxy groups -OCH3 is 1. The molecule has 1 fully saturated rings. The molecule has 0 aliphatic heterocycles. The van der Waals surface area contributed by atoms with Gasteiger partial charge in [0.25, 0.3) is 0 Å². The molecule has 16 heavy (non-hydrogen) atoms. The van der Waals surface area contributed by atoms with Crippen molar-refractivity contribution in [3.8, 4) is 0 Å². The summed E-state index contributed by atoms with van der Waals surface area (Å²) in [5.41, 5.74) is 0.919. The largest absolute Gasteiger partial charge is 0.381 e. The molecule has 1 aliphatic carbocycles. The molecule has 1 aromatic rings. The van der Waals surface area contributed by atoms with Crippen molar-refractivity contribution in [1.82, 2.24) is 5.32 Å². The molecule has 1 saturated carbocycles. The Morgan fingerprint density at radius 2 is 2.25 bits per heavy atom. The predicted molar refractivity (Wildman–Crippen MR) is 62.1 cm³/mol. The second-order valence-electron chi connectivity index (χ2n) is 4.16. The van der Waals surface area contributed by atoms with Crippen LogP contribution in [-0.2, 0) is 11.3 Å². The van der Waals surface area contributed by atoms with Crippen LogP contribution in [0.1, 0.15) is 18.4 Å². The fourth-order valence-corrected chi connectivity index (χ4v) is 1.95. The fraction of sp³-hybridized carbons (Fsp3) is 0.500. The maximum Gasteiger partial charge on any atom is 0.142 e. The van der Waals surface area contributed by atoms with Crippen LogP contribution in [0, 0.1) is 5.82 Å². The van der Waals surface area contributed by atoms with Gasteiger partial charge in [-0.3, -0.25) is 0 Å². The highest BCUT2D eigenvalue weighted by Gasteiger charge is 2.28. The molecule has 0 aromatic heterocycles. The van der Waals surface area contributed by atoms with Crippen LogP contribution in [-0.4, -0.2) is 19.3 Å². The van der Waals surface area contributed by atoms with Crippen LogP contribution < -0.4 is 5.32 Å². The molecule has 0 spiro atoms. The highest BCUT2D eigenvalue weighted by Crippen LogP contribution is 2.23. The third kappa shape index (κ3) is 2.73. The maximum absolute atomic E-state index is 13.1. The zero-order valence-corrected chi connectivity index (χ0v) is 9.93. The van der Waals surface area contributed by atoms with Gasteiger partial charge in [0.05, 0.1) is 11.1 Å². The van der Waals surface area contributed by atoms with Crippen LogP contribution in [0.4, 0.5) is 4.39 Å². The van der Waals surface area contributed by atoms with Gasteiger partial charge < -0.3 is 10.1 Å². The van der Waals surface area contributed by atoms with Crippen LogP contribution in [0.2, 0.25) is 5.02 Å². The molecule has 0 radical (unpaired) electrons. The minimum atomic E-state index is -0.357. The molecule has 0 unspecified atom stereocenters. The number of nitrogens with one attached hydrogen (secondary N) is 1. The molecular formula is C12H15ClFNO. The molecule has 0 bridgehead atoms. The van der Waals surface area contributed by atoms with Gasteiger partial charge in [0.1, 0.15) is 5.82 Å². The van der Waals surface area contributed by atoms with E-state index in [1.165, 1.54) is 6.07 Å². The highest BCUT2D eigenvalue weighted by molar-refractivity contribution is 6.30. The molecule has 1 aromatic carbocycles. The minimum Gasteiger partial charge on any atom is -0.381 e. The van der Waals surface area contributed by atoms with E-state index in [0.29, 0.717) is 18.7 Å². The smallest absolute Gasteiger partial charge is 0.142 e. The lowest BCUT2D eigenvalue weighted by Gasteiger charge is -2.34. The van der Waals surface area contributed by atoms with Gasteiger partial charge in [-0.25, -0.2) is 4.39 Å². The summed E-state index contributed by atoms with van der Waals surface area (Å²) in [6.45, 7) is 0.676. The Labute approximate surface area is 99.7 Å². The summed E-state index contributed by atoms with van der Waals surface area (Å²) < 4.78 is 18.3. The molecule has 4 heteroatoms. The van der Waals surface area contributed by atoms with E-state index in [4.69, 9.17) is 16.3 Å². The highest BCUT2D eigenvalue weighted by atomic mass is 35.5. The standard InChI is InChI=1S/C12H15ClFNO/c1-16-10-5-9(6-10)15-7-8-2-3-11(13)12(14)4-8/h2-4,9-10,15H,5-7H2,1H3. The lowest BCUT2D eigenvalue weighted by Crippen LogP contribution is -2.44. The number of halogens is 2. The van der Waals surface area contributed by atoms with Gasteiger partial charge in [0, 0.05) is 19.7 Å². The van der Waals surface area contributed by atoms with E-state index in [1.54, 1.807) is 13.2 Å². The summed E-state index contributed by atoms with van der Waals surface area (Å²) in [7, 11) is 1.73. The van der Waals surface area contributed by atoms with E-state index < -0.39 is 0 Å². The molecule has 2 nitrogen and oxygen atoms in total. The van der Waals surface area contributed by atoms with Gasteiger partial charge in [-0.2, -0.15) is 0 Å². The lowest BCUT2D eigenvalue weighted by molar-refractivity contribution is 0.0170. The number of rotatable bonds is 4. The number of ether oxygens (including phenoxy) is 1. The average Bonchev–Trinajstić information content (AvgIpc) is 2.21. The van der Waals surface area contributed by atoms with Crippen molar-refractivity contribution in [2.24, 2.45) is 0 Å². The molecule has 0 amide bonds. The van der Waals surface area contributed by atoms with Crippen molar-refractivity contribution >= 4 is 11.6 Å². The summed E-state index contributed by atoms with van der Waals surface area (Å²) in [6.07, 6.45) is 2.46. The Bertz CT molecular complexity index is 366. The number of hydrogen-bond acceptors (Lipinski definition) is 2. The van der Waals surface area contributed by atoms with E-state index in [-0.39, 0.29) is 10.8 Å². The van der Waals surface area contributed by atoms with Gasteiger partial charge in [-0.1, -0.05) is 17.7 Å². The van der Waals surface area contributed by atoms with E-state index in [2.05, 4.69) is 5.32 Å². The Balaban J connectivity index is 1.80. The van der Waals surface area contributed by atoms with Crippen LogP contribution in [0.3, 0.4) is 0 Å². The van der Waals surface area contributed by atoms with Crippen molar-refractivity contribution in [2.45, 2.75) is 31.5 Å². The topological polar surface area (TPSA) is 21.3 Å². The van der Waals surface area contributed by atoms with E-state index in [0.717, 1.165) is 18.4 Å². The first-order valence-corrected chi connectivity index (χ1v) is 5.77. The molecule has 88 valence electrons. The summed E-state index contributed by atoms with van der Waals surface area (Å²) >= 11 is 5.61. The van der Waals surface area contributed by atoms with Gasteiger partial charge in [-0.05, 0) is 30.5 Å². The number of hydrogen-bond donors (Lipinski definition) is 1. The fourth-order valence-electron chi connectivity index (χ4n) is 1.84. The molecule has 0 atom stereocenters. The second-order valence-corrected chi connectivity index (χ2v) is 4.56. The minimum absolute atomic E-state index is 0.173. The Morgan fingerprint density at radius 3 is 2.88 bits per heavy atom. The van der Waals surface area contributed by atoms with Crippen LogP contribution in [0.15, 0.2) is 18.2 Å². The van der Waals surface area contributed by atoms with Crippen LogP contribution in [0.5, 0.6) is 0 Å². The Hall–Kier alpha value is -0.640. The van der Waals surface area contributed by atoms with Gasteiger partial charge in [0.2, 0.25) is 0 Å². The third-order valence-electron chi connectivity index (χ3n) is 3.01. The first-order valence-electron chi connectivity index (χ1n) is 5.39. The maximum atomic E-state index is 13.1. The van der Waals surface area contributed by atoms with E-state index in [1.807, 2.05) is 6.07 Å². The Morgan fingerprint density at radius 1 is 1.50 bits per heavy atom. The number of benzene rings is 1. The molecule has 0 heterocycles. The third-order valence-corrected chi connectivity index (χ3v) is 3.31. The molecule has 2 rings (SSSR count). The molecule has 0 saturated heterocycles. The van der Waals surface area contributed by atoms with Crippen LogP contribution in [0.25, 0.3) is 0 Å². The zero-order chi connectivity index (χ0) is 11.5. The van der Waals surface area contributed by atoms with Crippen molar-refractivity contribution in [2.75, 3.05) is 7.11 Å². The van der Waals surface area contributed by atoms with E-state index in [9.17, 15) is 4.39 Å². The molecular weight excluding hydrogens is 229 g/mol. The van der Waals surface area contributed by atoms with E-state index >= 15 is 0 Å². The summed E-state index contributed by atoms with van der Waals surface area (Å²) in [6, 6.07) is 5.39. The first kappa shape index (κ1) is 11.8. The predicted octanol–water partition coefficient (Wildman–Crippen LogP) is 2.75. The second kappa shape index (κ2) is 5.13.